The van der Waals surface area contributed by atoms with Crippen molar-refractivity contribution >= 4 is 72.2 Å². The number of thiazole rings is 1. The fraction of sp³-hybridized carbons (Fsp3) is 0.176. The predicted octanol–water partition coefficient (Wildman–Crippen LogP) is 4.44. The lowest BCUT2D eigenvalue weighted by molar-refractivity contribution is -0.113. The van der Waals surface area contributed by atoms with Crippen LogP contribution in [0.3, 0.4) is 0 Å². The highest BCUT2D eigenvalue weighted by atomic mass is 35.5. The Hall–Kier alpha value is -1.81. The van der Waals surface area contributed by atoms with Crippen molar-refractivity contribution in [2.24, 2.45) is 0 Å². The molecule has 0 aliphatic heterocycles. The number of thioether (sulfide) groups is 1. The molecule has 1 amide bonds. The zero-order chi connectivity index (χ0) is 19.4. The largest absolute Gasteiger partial charge is 0.325 e. The van der Waals surface area contributed by atoms with Gasteiger partial charge in [-0.2, -0.15) is 0 Å². The van der Waals surface area contributed by atoms with Gasteiger partial charge >= 0.3 is 0 Å². The molecule has 6 nitrogen and oxygen atoms in total. The maximum atomic E-state index is 12.1. The van der Waals surface area contributed by atoms with Crippen LogP contribution in [0.1, 0.15) is 6.92 Å². The summed E-state index contributed by atoms with van der Waals surface area (Å²) in [6.07, 6.45) is 0. The van der Waals surface area contributed by atoms with Crippen LogP contribution >= 0.6 is 34.7 Å². The van der Waals surface area contributed by atoms with Crippen molar-refractivity contribution in [2.75, 3.05) is 21.5 Å². The van der Waals surface area contributed by atoms with Crippen molar-refractivity contribution < 1.29 is 13.2 Å². The molecule has 0 radical (unpaired) electrons. The average Bonchev–Trinajstić information content (AvgIpc) is 3.04. The molecule has 0 spiro atoms. The first-order valence-electron chi connectivity index (χ1n) is 7.94. The highest BCUT2D eigenvalue weighted by Crippen LogP contribution is 2.31. The highest BCUT2D eigenvalue weighted by Gasteiger charge is 2.11. The fourth-order valence-electron chi connectivity index (χ4n) is 2.14. The van der Waals surface area contributed by atoms with Crippen molar-refractivity contribution in [3.05, 3.63) is 47.5 Å². The third kappa shape index (κ3) is 5.58. The number of nitrogens with one attached hydrogen (secondary N) is 2. The number of aromatic nitrogens is 1. The first-order valence-corrected chi connectivity index (χ1v) is 11.8. The molecular formula is C17H16ClN3O3S3. The third-order valence-corrected chi connectivity index (χ3v) is 7.20. The highest BCUT2D eigenvalue weighted by molar-refractivity contribution is 8.01. The van der Waals surface area contributed by atoms with Crippen LogP contribution < -0.4 is 10.0 Å². The molecule has 0 fully saturated rings. The second kappa shape index (κ2) is 8.47. The number of fused-ring (bicyclic) bond motifs is 1. The van der Waals surface area contributed by atoms with E-state index in [1.54, 1.807) is 49.4 Å². The molecule has 0 saturated heterocycles. The molecule has 0 atom stereocenters. The number of sulfonamides is 1. The van der Waals surface area contributed by atoms with Gasteiger partial charge in [0.2, 0.25) is 15.9 Å². The van der Waals surface area contributed by atoms with Gasteiger partial charge in [-0.25, -0.2) is 13.4 Å². The number of amides is 1. The third-order valence-electron chi connectivity index (χ3n) is 3.48. The summed E-state index contributed by atoms with van der Waals surface area (Å²) in [6.45, 7) is 1.58. The van der Waals surface area contributed by atoms with Gasteiger partial charge in [-0.15, -0.1) is 11.3 Å². The second-order valence-corrected chi connectivity index (χ2v) is 10.2. The average molecular weight is 442 g/mol. The molecule has 10 heteroatoms. The Labute approximate surface area is 170 Å². The summed E-state index contributed by atoms with van der Waals surface area (Å²) in [7, 11) is -3.32. The van der Waals surface area contributed by atoms with Crippen molar-refractivity contribution in [2.45, 2.75) is 11.3 Å². The van der Waals surface area contributed by atoms with E-state index in [1.807, 2.05) is 0 Å². The van der Waals surface area contributed by atoms with E-state index in [-0.39, 0.29) is 17.4 Å². The smallest absolute Gasteiger partial charge is 0.234 e. The van der Waals surface area contributed by atoms with Crippen molar-refractivity contribution in [1.29, 1.82) is 0 Å². The number of nitrogens with zero attached hydrogens (tertiary/aromatic N) is 1. The van der Waals surface area contributed by atoms with E-state index in [1.165, 1.54) is 23.1 Å². The van der Waals surface area contributed by atoms with E-state index in [0.29, 0.717) is 16.4 Å². The lowest BCUT2D eigenvalue weighted by Gasteiger charge is -2.04. The molecule has 27 heavy (non-hydrogen) atoms. The van der Waals surface area contributed by atoms with Crippen LogP contribution in [-0.4, -0.2) is 30.8 Å². The Bertz CT molecular complexity index is 1070. The number of hydrogen-bond donors (Lipinski definition) is 2. The number of rotatable bonds is 7. The Kier molecular flexibility index (Phi) is 6.25. The quantitative estimate of drug-likeness (QED) is 0.529. The summed E-state index contributed by atoms with van der Waals surface area (Å²) in [5.74, 6) is 0.0907. The first-order chi connectivity index (χ1) is 12.8. The summed E-state index contributed by atoms with van der Waals surface area (Å²) < 4.78 is 27.5. The molecule has 1 heterocycles. The van der Waals surface area contributed by atoms with E-state index in [0.717, 1.165) is 14.6 Å². The lowest BCUT2D eigenvalue weighted by atomic mass is 10.3. The van der Waals surface area contributed by atoms with Crippen LogP contribution in [0.4, 0.5) is 11.4 Å². The van der Waals surface area contributed by atoms with Gasteiger partial charge in [0.15, 0.2) is 4.34 Å². The maximum Gasteiger partial charge on any atom is 0.234 e. The zero-order valence-electron chi connectivity index (χ0n) is 14.2. The molecule has 142 valence electrons. The van der Waals surface area contributed by atoms with Crippen LogP contribution in [0, 0.1) is 0 Å². The molecule has 0 aliphatic rings. The number of hydrogen-bond acceptors (Lipinski definition) is 6. The Balaban J connectivity index is 1.63. The van der Waals surface area contributed by atoms with E-state index >= 15 is 0 Å². The minimum atomic E-state index is -3.32. The number of carbonyl (C=O) groups is 1. The standard InChI is InChI=1S/C17H16ClN3O3S3/c1-2-27(23,24)21-13-7-8-14-15(9-13)26-17(20-14)25-10-16(22)19-12-5-3-11(18)4-6-12/h3-9,21H,2,10H2,1H3,(H,19,22). The summed E-state index contributed by atoms with van der Waals surface area (Å²) in [6, 6.07) is 12.1. The van der Waals surface area contributed by atoms with E-state index < -0.39 is 10.0 Å². The Morgan fingerprint density at radius 2 is 1.89 bits per heavy atom. The van der Waals surface area contributed by atoms with Crippen LogP contribution in [0.25, 0.3) is 10.2 Å². The van der Waals surface area contributed by atoms with Gasteiger partial charge < -0.3 is 5.32 Å². The number of benzene rings is 2. The van der Waals surface area contributed by atoms with Gasteiger partial charge in [0.25, 0.3) is 0 Å². The summed E-state index contributed by atoms with van der Waals surface area (Å²) >= 11 is 8.57. The van der Waals surface area contributed by atoms with Gasteiger partial charge in [-0.3, -0.25) is 9.52 Å². The van der Waals surface area contributed by atoms with Gasteiger partial charge in [-0.1, -0.05) is 23.4 Å². The molecule has 2 aromatic carbocycles. The fourth-order valence-corrected chi connectivity index (χ4v) is 4.80. The van der Waals surface area contributed by atoms with Crippen molar-refractivity contribution in [1.82, 2.24) is 4.98 Å². The van der Waals surface area contributed by atoms with Crippen LogP contribution in [-0.2, 0) is 14.8 Å². The molecule has 0 bridgehead atoms. The van der Waals surface area contributed by atoms with E-state index in [2.05, 4.69) is 15.0 Å². The first kappa shape index (κ1) is 19.9. The van der Waals surface area contributed by atoms with E-state index in [9.17, 15) is 13.2 Å². The molecule has 3 rings (SSSR count). The normalized spacial score (nSPS) is 11.5. The van der Waals surface area contributed by atoms with Crippen LogP contribution in [0.2, 0.25) is 5.02 Å². The molecular weight excluding hydrogens is 426 g/mol. The molecule has 1 aromatic heterocycles. The number of anilines is 2. The Morgan fingerprint density at radius 1 is 1.19 bits per heavy atom. The molecule has 0 aliphatic carbocycles. The van der Waals surface area contributed by atoms with Crippen LogP contribution in [0.15, 0.2) is 46.8 Å². The summed E-state index contributed by atoms with van der Waals surface area (Å²) in [5, 5.41) is 3.40. The van der Waals surface area contributed by atoms with Gasteiger partial charge in [0.05, 0.1) is 27.4 Å². The van der Waals surface area contributed by atoms with Crippen LogP contribution in [0.5, 0.6) is 0 Å². The summed E-state index contributed by atoms with van der Waals surface area (Å²) in [5.41, 5.74) is 1.95. The monoisotopic (exact) mass is 441 g/mol. The minimum Gasteiger partial charge on any atom is -0.325 e. The number of carbonyl (C=O) groups excluding carboxylic acids is 1. The number of halogens is 1. The lowest BCUT2D eigenvalue weighted by Crippen LogP contribution is -2.14. The molecule has 2 N–H and O–H groups in total. The Morgan fingerprint density at radius 3 is 2.59 bits per heavy atom. The topological polar surface area (TPSA) is 88.2 Å². The second-order valence-electron chi connectivity index (χ2n) is 5.51. The van der Waals surface area contributed by atoms with Crippen molar-refractivity contribution in [3.8, 4) is 0 Å². The van der Waals surface area contributed by atoms with Gasteiger partial charge in [0, 0.05) is 10.7 Å². The maximum absolute atomic E-state index is 12.1. The summed E-state index contributed by atoms with van der Waals surface area (Å²) in [4.78, 5) is 16.5. The molecule has 0 unspecified atom stereocenters. The molecule has 3 aromatic rings. The molecule has 0 saturated carbocycles. The van der Waals surface area contributed by atoms with Gasteiger partial charge in [-0.05, 0) is 49.4 Å². The zero-order valence-corrected chi connectivity index (χ0v) is 17.4. The van der Waals surface area contributed by atoms with Gasteiger partial charge in [0.1, 0.15) is 0 Å². The van der Waals surface area contributed by atoms with Crippen molar-refractivity contribution in [3.63, 3.8) is 0 Å². The predicted molar refractivity (Wildman–Crippen MR) is 114 cm³/mol. The SMILES string of the molecule is CCS(=O)(=O)Nc1ccc2nc(SCC(=O)Nc3ccc(Cl)cc3)sc2c1. The van der Waals surface area contributed by atoms with E-state index in [4.69, 9.17) is 11.6 Å². The minimum absolute atomic E-state index is 0.0115.